The first-order valence-corrected chi connectivity index (χ1v) is 6.61. The number of nitrogens with one attached hydrogen (secondary N) is 1. The molecule has 0 saturated heterocycles. The molecule has 1 nitrogen and oxygen atoms in total. The van der Waals surface area contributed by atoms with Crippen LogP contribution in [0.5, 0.6) is 0 Å². The molecular formula is C13H21NS. The Morgan fingerprint density at radius 3 is 2.67 bits per heavy atom. The minimum atomic E-state index is 0.702. The highest BCUT2D eigenvalue weighted by molar-refractivity contribution is 8.00. The van der Waals surface area contributed by atoms with E-state index < -0.39 is 0 Å². The van der Waals surface area contributed by atoms with E-state index in [4.69, 9.17) is 0 Å². The third-order valence-corrected chi connectivity index (χ3v) is 3.83. The minimum Gasteiger partial charge on any atom is -0.313 e. The Hall–Kier alpha value is -0.470. The molecule has 1 unspecified atom stereocenters. The zero-order valence-electron chi connectivity index (χ0n) is 9.92. The zero-order valence-corrected chi connectivity index (χ0v) is 10.7. The molecule has 2 heteroatoms. The number of thioether (sulfide) groups is 1. The topological polar surface area (TPSA) is 12.0 Å². The molecule has 0 radical (unpaired) electrons. The van der Waals surface area contributed by atoms with Gasteiger partial charge in [-0.3, -0.25) is 0 Å². The predicted molar refractivity (Wildman–Crippen MR) is 69.4 cm³/mol. The van der Waals surface area contributed by atoms with Gasteiger partial charge < -0.3 is 5.32 Å². The number of rotatable bonds is 6. The highest BCUT2D eigenvalue weighted by atomic mass is 32.2. The van der Waals surface area contributed by atoms with Crippen molar-refractivity contribution in [1.29, 1.82) is 0 Å². The molecule has 15 heavy (non-hydrogen) atoms. The number of hydrogen-bond acceptors (Lipinski definition) is 2. The molecule has 0 amide bonds. The Bertz CT molecular complexity index is 286. The summed E-state index contributed by atoms with van der Waals surface area (Å²) in [6.07, 6.45) is 1.22. The van der Waals surface area contributed by atoms with Crippen LogP contribution in [0, 0.1) is 0 Å². The lowest BCUT2D eigenvalue weighted by Crippen LogP contribution is -2.12. The molecule has 0 saturated carbocycles. The SMILES string of the molecule is CCNCc1ccccc1SC(C)CC. The van der Waals surface area contributed by atoms with E-state index in [2.05, 4.69) is 50.4 Å². The van der Waals surface area contributed by atoms with Crippen molar-refractivity contribution in [1.82, 2.24) is 5.32 Å². The Kier molecular flexibility index (Phi) is 5.81. The van der Waals surface area contributed by atoms with Crippen LogP contribution in [-0.4, -0.2) is 11.8 Å². The van der Waals surface area contributed by atoms with E-state index in [9.17, 15) is 0 Å². The monoisotopic (exact) mass is 223 g/mol. The molecule has 0 spiro atoms. The Balaban J connectivity index is 2.67. The molecule has 1 atom stereocenters. The van der Waals surface area contributed by atoms with Crippen molar-refractivity contribution in [2.75, 3.05) is 6.54 Å². The third-order valence-electron chi connectivity index (χ3n) is 2.44. The van der Waals surface area contributed by atoms with Crippen LogP contribution in [0.25, 0.3) is 0 Å². The van der Waals surface area contributed by atoms with Crippen LogP contribution in [0.3, 0.4) is 0 Å². The standard InChI is InChI=1S/C13H21NS/c1-4-11(3)15-13-9-7-6-8-12(13)10-14-5-2/h6-9,11,14H,4-5,10H2,1-3H3. The third kappa shape index (κ3) is 4.27. The van der Waals surface area contributed by atoms with Gasteiger partial charge in [-0.05, 0) is 24.6 Å². The molecule has 1 N–H and O–H groups in total. The molecule has 84 valence electrons. The average Bonchev–Trinajstić information content (AvgIpc) is 2.28. The fourth-order valence-electron chi connectivity index (χ4n) is 1.32. The molecule has 1 rings (SSSR count). The second-order valence-electron chi connectivity index (χ2n) is 3.72. The van der Waals surface area contributed by atoms with E-state index >= 15 is 0 Å². The largest absolute Gasteiger partial charge is 0.313 e. The summed E-state index contributed by atoms with van der Waals surface area (Å²) in [4.78, 5) is 1.42. The molecule has 0 heterocycles. The molecule has 0 aliphatic carbocycles. The van der Waals surface area contributed by atoms with Gasteiger partial charge >= 0.3 is 0 Å². The molecule has 0 aromatic heterocycles. The maximum atomic E-state index is 3.38. The van der Waals surface area contributed by atoms with Crippen LogP contribution >= 0.6 is 11.8 Å². The Morgan fingerprint density at radius 1 is 1.27 bits per heavy atom. The maximum absolute atomic E-state index is 3.38. The first-order chi connectivity index (χ1) is 7.27. The summed E-state index contributed by atoms with van der Waals surface area (Å²) in [7, 11) is 0. The fraction of sp³-hybridized carbons (Fsp3) is 0.538. The summed E-state index contributed by atoms with van der Waals surface area (Å²) < 4.78 is 0. The van der Waals surface area contributed by atoms with Crippen molar-refractivity contribution in [3.05, 3.63) is 29.8 Å². The normalized spacial score (nSPS) is 12.7. The van der Waals surface area contributed by atoms with E-state index in [-0.39, 0.29) is 0 Å². The first kappa shape index (κ1) is 12.6. The molecular weight excluding hydrogens is 202 g/mol. The lowest BCUT2D eigenvalue weighted by Gasteiger charge is -2.12. The van der Waals surface area contributed by atoms with E-state index in [1.165, 1.54) is 16.9 Å². The van der Waals surface area contributed by atoms with Gasteiger partial charge in [-0.2, -0.15) is 0 Å². The molecule has 0 aliphatic rings. The van der Waals surface area contributed by atoms with Crippen LogP contribution in [0.15, 0.2) is 29.2 Å². The summed E-state index contributed by atoms with van der Waals surface area (Å²) in [5, 5.41) is 4.08. The van der Waals surface area contributed by atoms with Gasteiger partial charge in [0.25, 0.3) is 0 Å². The van der Waals surface area contributed by atoms with Crippen LogP contribution in [0.2, 0.25) is 0 Å². The lowest BCUT2D eigenvalue weighted by atomic mass is 10.2. The number of benzene rings is 1. The van der Waals surface area contributed by atoms with E-state index in [0.29, 0.717) is 5.25 Å². The molecule has 1 aromatic rings. The van der Waals surface area contributed by atoms with Crippen LogP contribution in [-0.2, 0) is 6.54 Å². The summed E-state index contributed by atoms with van der Waals surface area (Å²) in [6.45, 7) is 8.68. The van der Waals surface area contributed by atoms with Crippen molar-refractivity contribution in [3.8, 4) is 0 Å². The molecule has 0 bridgehead atoms. The van der Waals surface area contributed by atoms with Crippen LogP contribution in [0.1, 0.15) is 32.8 Å². The van der Waals surface area contributed by atoms with Gasteiger partial charge in [-0.25, -0.2) is 0 Å². The predicted octanol–water partition coefficient (Wildman–Crippen LogP) is 3.69. The van der Waals surface area contributed by atoms with Crippen molar-refractivity contribution < 1.29 is 0 Å². The first-order valence-electron chi connectivity index (χ1n) is 5.73. The Labute approximate surface area is 97.7 Å². The van der Waals surface area contributed by atoms with Crippen molar-refractivity contribution in [2.24, 2.45) is 0 Å². The van der Waals surface area contributed by atoms with Gasteiger partial charge in [0.15, 0.2) is 0 Å². The molecule has 0 fully saturated rings. The highest BCUT2D eigenvalue weighted by Crippen LogP contribution is 2.28. The quantitative estimate of drug-likeness (QED) is 0.738. The fourth-order valence-corrected chi connectivity index (χ4v) is 2.37. The maximum Gasteiger partial charge on any atom is 0.0216 e. The van der Waals surface area contributed by atoms with E-state index in [1.54, 1.807) is 0 Å². The van der Waals surface area contributed by atoms with Gasteiger partial charge in [0.2, 0.25) is 0 Å². The summed E-state index contributed by atoms with van der Waals surface area (Å²) in [5.41, 5.74) is 1.42. The number of hydrogen-bond donors (Lipinski definition) is 1. The second-order valence-corrected chi connectivity index (χ2v) is 5.21. The van der Waals surface area contributed by atoms with Gasteiger partial charge in [0, 0.05) is 16.7 Å². The Morgan fingerprint density at radius 2 is 2.00 bits per heavy atom. The van der Waals surface area contributed by atoms with Crippen molar-refractivity contribution in [2.45, 2.75) is 43.9 Å². The zero-order chi connectivity index (χ0) is 11.1. The summed E-state index contributed by atoms with van der Waals surface area (Å²) in [6, 6.07) is 8.68. The van der Waals surface area contributed by atoms with E-state index in [0.717, 1.165) is 13.1 Å². The van der Waals surface area contributed by atoms with Gasteiger partial charge in [-0.1, -0.05) is 39.0 Å². The minimum absolute atomic E-state index is 0.702. The van der Waals surface area contributed by atoms with Crippen molar-refractivity contribution in [3.63, 3.8) is 0 Å². The molecule has 0 aliphatic heterocycles. The lowest BCUT2D eigenvalue weighted by molar-refractivity contribution is 0.717. The molecule has 1 aromatic carbocycles. The van der Waals surface area contributed by atoms with Gasteiger partial charge in [0.1, 0.15) is 0 Å². The highest BCUT2D eigenvalue weighted by Gasteiger charge is 2.05. The average molecular weight is 223 g/mol. The van der Waals surface area contributed by atoms with Crippen LogP contribution < -0.4 is 5.32 Å². The van der Waals surface area contributed by atoms with Crippen LogP contribution in [0.4, 0.5) is 0 Å². The van der Waals surface area contributed by atoms with E-state index in [1.807, 2.05) is 11.8 Å². The second kappa shape index (κ2) is 6.91. The summed E-state index contributed by atoms with van der Waals surface area (Å²) >= 11 is 1.98. The smallest absolute Gasteiger partial charge is 0.0216 e. The van der Waals surface area contributed by atoms with Crippen molar-refractivity contribution >= 4 is 11.8 Å². The summed E-state index contributed by atoms with van der Waals surface area (Å²) in [5.74, 6) is 0. The van der Waals surface area contributed by atoms with Gasteiger partial charge in [-0.15, -0.1) is 11.8 Å². The van der Waals surface area contributed by atoms with Gasteiger partial charge in [0.05, 0.1) is 0 Å².